The van der Waals surface area contributed by atoms with Gasteiger partial charge in [-0.2, -0.15) is 0 Å². The van der Waals surface area contributed by atoms with Gasteiger partial charge in [-0.25, -0.2) is 0 Å². The maximum atomic E-state index is 9.69. The fourth-order valence-electron chi connectivity index (χ4n) is 13.7. The molecule has 0 spiro atoms. The Morgan fingerprint density at radius 1 is 0.361 bits per heavy atom. The number of benzene rings is 10. The normalized spacial score (nSPS) is 18.1. The van der Waals surface area contributed by atoms with Crippen LogP contribution in [0.2, 0.25) is 13.1 Å². The van der Waals surface area contributed by atoms with Crippen molar-refractivity contribution in [2.24, 2.45) is 11.8 Å². The van der Waals surface area contributed by atoms with Crippen LogP contribution in [0.1, 0.15) is 68.0 Å². The molecule has 0 heterocycles. The third-order valence-electron chi connectivity index (χ3n) is 17.5. The van der Waals surface area contributed by atoms with E-state index < -0.39 is 21.5 Å². The van der Waals surface area contributed by atoms with Gasteiger partial charge in [0.2, 0.25) is 0 Å². The fourth-order valence-corrected chi connectivity index (χ4v) is 44.8. The molecule has 0 aromatic heterocycles. The first-order chi connectivity index (χ1) is 35.2. The van der Waals surface area contributed by atoms with E-state index in [0.29, 0.717) is 11.8 Å². The molecule has 10 aromatic carbocycles. The van der Waals surface area contributed by atoms with Gasteiger partial charge in [-0.05, 0) is 0 Å². The summed E-state index contributed by atoms with van der Waals surface area (Å²) in [4.78, 5) is 0. The Balaban J connectivity index is 1.10. The van der Waals surface area contributed by atoms with Crippen LogP contribution in [0.15, 0.2) is 205 Å². The van der Waals surface area contributed by atoms with Crippen molar-refractivity contribution in [3.05, 3.63) is 228 Å². The quantitative estimate of drug-likeness (QED) is 0.113. The first kappa shape index (κ1) is 45.0. The second-order valence-corrected chi connectivity index (χ2v) is 64.6. The third-order valence-corrected chi connectivity index (χ3v) is 69.3. The van der Waals surface area contributed by atoms with Crippen LogP contribution in [0.3, 0.4) is 0 Å². The van der Waals surface area contributed by atoms with Crippen molar-refractivity contribution in [2.45, 2.75) is 58.9 Å². The van der Waals surface area contributed by atoms with Crippen molar-refractivity contribution in [3.8, 4) is 44.5 Å². The van der Waals surface area contributed by atoms with Gasteiger partial charge in [0.15, 0.2) is 0 Å². The summed E-state index contributed by atoms with van der Waals surface area (Å²) in [7, 11) is 19.4. The minimum atomic E-state index is -5.54. The van der Waals surface area contributed by atoms with Gasteiger partial charge in [-0.15, -0.1) is 0 Å². The van der Waals surface area contributed by atoms with E-state index in [1.807, 2.05) is 0 Å². The summed E-state index contributed by atoms with van der Waals surface area (Å²) in [6.45, 7) is 5.12. The summed E-state index contributed by atoms with van der Waals surface area (Å²) < 4.78 is -0.137. The molecule has 14 rings (SSSR count). The number of hydrogen-bond acceptors (Lipinski definition) is 0. The number of halogens is 2. The molecule has 2 fully saturated rings. The molecule has 0 N–H and O–H groups in total. The molecule has 2 unspecified atom stereocenters. The standard InChI is InChI=1S/2C33H25.C2H7Si.2ClH.Zr/c2*1-3-11-26-24(7-1)9-5-13-28(26)30-17-18-31(29-14-6-10-25-8-2-4-12-27(25)29)33-21-23(20-32(30)33)19-22-15-16-22;1-3-2;;;/h2*1-14,17-18,20-22H,15-16,19H2;3H,1-2H3;2*1H;/q;;;;;+2/p-2. The van der Waals surface area contributed by atoms with Crippen molar-refractivity contribution in [1.29, 1.82) is 0 Å². The van der Waals surface area contributed by atoms with Crippen LogP contribution >= 0.6 is 17.0 Å². The van der Waals surface area contributed by atoms with E-state index in [1.54, 1.807) is 0 Å². The van der Waals surface area contributed by atoms with E-state index in [9.17, 15) is 17.0 Å². The van der Waals surface area contributed by atoms with Gasteiger partial charge in [0.25, 0.3) is 0 Å². The molecule has 0 saturated heterocycles. The molecular weight excluding hydrogens is 1010 g/mol. The first-order valence-corrected chi connectivity index (χ1v) is 42.8. The third kappa shape index (κ3) is 7.14. The fraction of sp³-hybridized carbons (Fsp3) is 0.176. The zero-order valence-electron chi connectivity index (χ0n) is 41.0. The average Bonchev–Trinajstić information content (AvgIpc) is 4.34. The molecule has 4 aliphatic carbocycles. The second-order valence-electron chi connectivity index (χ2n) is 22.1. The molecule has 4 heteroatoms. The summed E-state index contributed by atoms with van der Waals surface area (Å²) in [5.41, 5.74) is 18.7. The van der Waals surface area contributed by atoms with Crippen LogP contribution < -0.4 is 0 Å². The van der Waals surface area contributed by atoms with Gasteiger partial charge in [0, 0.05) is 0 Å². The molecule has 0 nitrogen and oxygen atoms in total. The molecule has 72 heavy (non-hydrogen) atoms. The molecule has 4 aliphatic rings. The molecule has 0 bridgehead atoms. The number of allylic oxidation sites excluding steroid dienone is 2. The van der Waals surface area contributed by atoms with E-state index in [-0.39, 0.29) is 7.25 Å². The van der Waals surface area contributed by atoms with Gasteiger partial charge in [0.05, 0.1) is 0 Å². The first-order valence-electron chi connectivity index (χ1n) is 26.5. The summed E-state index contributed by atoms with van der Waals surface area (Å²) in [5, 5.41) is 10.1. The summed E-state index contributed by atoms with van der Waals surface area (Å²) >= 11 is -5.54. The van der Waals surface area contributed by atoms with E-state index in [2.05, 4.69) is 219 Å². The average molecular weight is 1060 g/mol. The predicted octanol–water partition coefficient (Wildman–Crippen LogP) is 20.1. The Hall–Kier alpha value is -5.60. The molecule has 2 saturated carbocycles. The Morgan fingerprint density at radius 2 is 0.653 bits per heavy atom. The Kier molecular flexibility index (Phi) is 10.8. The minimum absolute atomic E-state index is 0.0685. The molecular formula is C68H57Cl2SiZr. The van der Waals surface area contributed by atoms with Gasteiger partial charge >= 0.3 is 436 Å². The van der Waals surface area contributed by atoms with Gasteiger partial charge in [0.1, 0.15) is 0 Å². The van der Waals surface area contributed by atoms with Gasteiger partial charge in [-0.1, -0.05) is 0 Å². The summed E-state index contributed by atoms with van der Waals surface area (Å²) in [5.74, 6) is -0.693. The van der Waals surface area contributed by atoms with E-state index in [1.165, 1.54) is 147 Å². The SMILES string of the molecule is C[SiH](C)[Zr]([Cl])([Cl])([CH]1C(CC2CC2)=Cc2c(-c3cccc4ccccc34)ccc(-c3cccc4ccccc34)c21)[CH]1C(CC2CC2)=Cc2c(-c3cccc4ccccc34)ccc(-c3cccc4ccccc34)c21. The van der Waals surface area contributed by atoms with Crippen molar-refractivity contribution < 1.29 is 15.6 Å². The van der Waals surface area contributed by atoms with Crippen molar-refractivity contribution in [3.63, 3.8) is 0 Å². The van der Waals surface area contributed by atoms with Crippen molar-refractivity contribution in [1.82, 2.24) is 0 Å². The van der Waals surface area contributed by atoms with E-state index >= 15 is 0 Å². The molecule has 0 aliphatic heterocycles. The molecule has 351 valence electrons. The summed E-state index contributed by atoms with van der Waals surface area (Å²) in [6, 6.07) is 73.0. The Labute approximate surface area is 432 Å². The van der Waals surface area contributed by atoms with Crippen LogP contribution in [0.5, 0.6) is 0 Å². The predicted molar refractivity (Wildman–Crippen MR) is 311 cm³/mol. The van der Waals surface area contributed by atoms with Crippen molar-refractivity contribution in [2.75, 3.05) is 0 Å². The Bertz CT molecular complexity index is 3670. The van der Waals surface area contributed by atoms with E-state index in [4.69, 9.17) is 0 Å². The maximum absolute atomic E-state index is 9.69. The monoisotopic (exact) mass is 1060 g/mol. The molecule has 0 amide bonds. The Morgan fingerprint density at radius 3 is 0.972 bits per heavy atom. The van der Waals surface area contributed by atoms with Crippen LogP contribution in [0, 0.1) is 11.8 Å². The van der Waals surface area contributed by atoms with Crippen LogP contribution in [-0.4, -0.2) is 5.92 Å². The van der Waals surface area contributed by atoms with E-state index in [0.717, 1.165) is 12.8 Å². The summed E-state index contributed by atoms with van der Waals surface area (Å²) in [6.07, 6.45) is 12.4. The second kappa shape index (κ2) is 17.2. The zero-order valence-corrected chi connectivity index (χ0v) is 46.1. The topological polar surface area (TPSA) is 0 Å². The number of fused-ring (bicyclic) bond motifs is 6. The molecule has 2 atom stereocenters. The molecule has 10 aromatic rings. The van der Waals surface area contributed by atoms with Gasteiger partial charge < -0.3 is 0 Å². The van der Waals surface area contributed by atoms with Crippen molar-refractivity contribution >= 4 is 78.2 Å². The van der Waals surface area contributed by atoms with Crippen LogP contribution in [0.4, 0.5) is 0 Å². The van der Waals surface area contributed by atoms with Gasteiger partial charge in [-0.3, -0.25) is 0 Å². The number of hydrogen-bond donors (Lipinski definition) is 0. The van der Waals surface area contributed by atoms with Crippen LogP contribution in [0.25, 0.3) is 99.7 Å². The number of rotatable bonds is 11. The molecule has 0 radical (unpaired) electrons. The zero-order chi connectivity index (χ0) is 48.3. The van der Waals surface area contributed by atoms with Crippen LogP contribution in [-0.2, 0) is 15.6 Å².